The average Bonchev–Trinajstić information content (AvgIpc) is 2.85. The first-order valence-electron chi connectivity index (χ1n) is 11.6. The van der Waals surface area contributed by atoms with Gasteiger partial charge in [0.05, 0.1) is 17.5 Å². The van der Waals surface area contributed by atoms with Crippen molar-refractivity contribution in [2.75, 3.05) is 5.32 Å². The molecule has 4 aromatic rings. The number of nitrogens with zero attached hydrogens (tertiary/aromatic N) is 4. The number of nitrogens with one attached hydrogen (secondary N) is 1. The first-order chi connectivity index (χ1) is 16.7. The van der Waals surface area contributed by atoms with E-state index in [2.05, 4.69) is 22.2 Å². The van der Waals surface area contributed by atoms with Crippen LogP contribution < -0.4 is 15.6 Å². The smallest absolute Gasteiger partial charge is 0.264 e. The zero-order chi connectivity index (χ0) is 24.7. The Bertz CT molecular complexity index is 1520. The van der Waals surface area contributed by atoms with Crippen LogP contribution in [0.15, 0.2) is 53.7 Å². The summed E-state index contributed by atoms with van der Waals surface area (Å²) in [5.74, 6) is 1.20. The highest BCUT2D eigenvalue weighted by Crippen LogP contribution is 2.35. The summed E-state index contributed by atoms with van der Waals surface area (Å²) in [6.45, 7) is 6.12. The lowest BCUT2D eigenvalue weighted by atomic mass is 9.91. The standard InChI is InChI=1S/C27H27N5O3/c1-5-19-10-16(8-9-28-19)14-29-25-24-21(30-15-32(4)26(24)34)13-20(31-25)17-6-7-22-18(11-17)12-23(33)27(2,3)35-22/h6-11,13,15H,5,12,14H2,1-4H3,(H,29,31). The fourth-order valence-corrected chi connectivity index (χ4v) is 4.21. The van der Waals surface area contributed by atoms with Gasteiger partial charge in [0.25, 0.3) is 5.56 Å². The summed E-state index contributed by atoms with van der Waals surface area (Å²) in [7, 11) is 1.67. The van der Waals surface area contributed by atoms with Gasteiger partial charge in [-0.25, -0.2) is 9.97 Å². The van der Waals surface area contributed by atoms with Gasteiger partial charge in [0.1, 0.15) is 17.0 Å². The molecular weight excluding hydrogens is 442 g/mol. The number of ketones is 1. The highest BCUT2D eigenvalue weighted by Gasteiger charge is 2.35. The molecule has 0 aliphatic carbocycles. The number of rotatable bonds is 5. The van der Waals surface area contributed by atoms with Crippen molar-refractivity contribution in [1.29, 1.82) is 0 Å². The number of Topliss-reactive ketones (excluding diaryl/α,β-unsaturated/α-hetero) is 1. The molecule has 1 aliphatic rings. The molecule has 35 heavy (non-hydrogen) atoms. The van der Waals surface area contributed by atoms with Gasteiger partial charge in [-0.3, -0.25) is 14.6 Å². The lowest BCUT2D eigenvalue weighted by molar-refractivity contribution is -0.132. The van der Waals surface area contributed by atoms with E-state index in [1.165, 1.54) is 10.9 Å². The minimum absolute atomic E-state index is 0.0324. The van der Waals surface area contributed by atoms with Gasteiger partial charge in [-0.15, -0.1) is 0 Å². The van der Waals surface area contributed by atoms with Gasteiger partial charge in [-0.2, -0.15) is 0 Å². The molecule has 0 saturated heterocycles. The second-order valence-corrected chi connectivity index (χ2v) is 9.31. The Balaban J connectivity index is 1.57. The third-order valence-electron chi connectivity index (χ3n) is 6.35. The van der Waals surface area contributed by atoms with Crippen molar-refractivity contribution in [1.82, 2.24) is 19.5 Å². The molecule has 1 aliphatic heterocycles. The normalized spacial score (nSPS) is 14.5. The fraction of sp³-hybridized carbons (Fsp3) is 0.296. The number of carbonyl (C=O) groups excluding carboxylic acids is 1. The van der Waals surface area contributed by atoms with E-state index in [-0.39, 0.29) is 11.3 Å². The van der Waals surface area contributed by atoms with E-state index in [0.29, 0.717) is 41.1 Å². The summed E-state index contributed by atoms with van der Waals surface area (Å²) in [6, 6.07) is 11.5. The van der Waals surface area contributed by atoms with E-state index in [4.69, 9.17) is 9.72 Å². The second-order valence-electron chi connectivity index (χ2n) is 9.31. The quantitative estimate of drug-likeness (QED) is 0.474. The second kappa shape index (κ2) is 8.61. The zero-order valence-corrected chi connectivity index (χ0v) is 20.3. The summed E-state index contributed by atoms with van der Waals surface area (Å²) in [5.41, 5.74) is 3.90. The maximum Gasteiger partial charge on any atom is 0.264 e. The van der Waals surface area contributed by atoms with Crippen LogP contribution in [0.5, 0.6) is 5.75 Å². The Hall–Kier alpha value is -4.07. The molecule has 8 heteroatoms. The molecule has 0 bridgehead atoms. The van der Waals surface area contributed by atoms with Crippen molar-refractivity contribution in [2.24, 2.45) is 7.05 Å². The summed E-state index contributed by atoms with van der Waals surface area (Å²) in [6.07, 6.45) is 4.44. The molecule has 0 spiro atoms. The van der Waals surface area contributed by atoms with E-state index < -0.39 is 5.60 Å². The number of anilines is 1. The van der Waals surface area contributed by atoms with E-state index >= 15 is 0 Å². The van der Waals surface area contributed by atoms with Crippen LogP contribution in [0.4, 0.5) is 5.82 Å². The van der Waals surface area contributed by atoms with Gasteiger partial charge in [0.15, 0.2) is 11.4 Å². The van der Waals surface area contributed by atoms with Crippen LogP contribution in [-0.2, 0) is 31.2 Å². The van der Waals surface area contributed by atoms with Crippen molar-refractivity contribution >= 4 is 22.5 Å². The molecule has 1 aromatic carbocycles. The van der Waals surface area contributed by atoms with Crippen molar-refractivity contribution in [2.45, 2.75) is 45.8 Å². The molecule has 0 fully saturated rings. The van der Waals surface area contributed by atoms with Crippen LogP contribution in [0, 0.1) is 0 Å². The summed E-state index contributed by atoms with van der Waals surface area (Å²) in [4.78, 5) is 39.1. The van der Waals surface area contributed by atoms with Crippen LogP contribution in [0.2, 0.25) is 0 Å². The third kappa shape index (κ3) is 4.27. The minimum Gasteiger partial charge on any atom is -0.480 e. The molecule has 178 valence electrons. The number of benzene rings is 1. The van der Waals surface area contributed by atoms with Crippen LogP contribution in [0.1, 0.15) is 37.6 Å². The highest BCUT2D eigenvalue weighted by atomic mass is 16.5. The van der Waals surface area contributed by atoms with Crippen molar-refractivity contribution in [3.8, 4) is 17.0 Å². The summed E-state index contributed by atoms with van der Waals surface area (Å²) in [5, 5.41) is 3.77. The number of hydrogen-bond donors (Lipinski definition) is 1. The number of fused-ring (bicyclic) bond motifs is 2. The largest absolute Gasteiger partial charge is 0.480 e. The molecule has 8 nitrogen and oxygen atoms in total. The van der Waals surface area contributed by atoms with Crippen molar-refractivity contribution < 1.29 is 9.53 Å². The number of aromatic nitrogens is 4. The molecule has 0 saturated carbocycles. The number of ether oxygens (including phenoxy) is 1. The maximum absolute atomic E-state index is 13.0. The van der Waals surface area contributed by atoms with Crippen molar-refractivity contribution in [3.63, 3.8) is 0 Å². The Morgan fingerprint density at radius 1 is 1.11 bits per heavy atom. The van der Waals surface area contributed by atoms with Gasteiger partial charge in [-0.05, 0) is 62.2 Å². The van der Waals surface area contributed by atoms with Crippen LogP contribution >= 0.6 is 0 Å². The molecule has 0 amide bonds. The maximum atomic E-state index is 13.0. The van der Waals surface area contributed by atoms with Crippen LogP contribution in [-0.4, -0.2) is 30.9 Å². The monoisotopic (exact) mass is 469 g/mol. The Labute approximate surface area is 203 Å². The average molecular weight is 470 g/mol. The predicted octanol–water partition coefficient (Wildman–Crippen LogP) is 3.85. The Morgan fingerprint density at radius 2 is 1.94 bits per heavy atom. The molecule has 3 aromatic heterocycles. The van der Waals surface area contributed by atoms with E-state index in [1.54, 1.807) is 33.2 Å². The van der Waals surface area contributed by atoms with Gasteiger partial charge in [-0.1, -0.05) is 6.92 Å². The molecule has 1 N–H and O–H groups in total. The lowest BCUT2D eigenvalue weighted by Gasteiger charge is -2.31. The number of hydrogen-bond acceptors (Lipinski definition) is 7. The first-order valence-corrected chi connectivity index (χ1v) is 11.6. The Morgan fingerprint density at radius 3 is 2.74 bits per heavy atom. The first kappa shape index (κ1) is 22.7. The van der Waals surface area contributed by atoms with Crippen LogP contribution in [0.25, 0.3) is 22.2 Å². The van der Waals surface area contributed by atoms with Gasteiger partial charge in [0.2, 0.25) is 0 Å². The molecule has 4 heterocycles. The van der Waals surface area contributed by atoms with Gasteiger partial charge in [0, 0.05) is 43.0 Å². The van der Waals surface area contributed by atoms with Gasteiger partial charge >= 0.3 is 0 Å². The predicted molar refractivity (Wildman–Crippen MR) is 135 cm³/mol. The summed E-state index contributed by atoms with van der Waals surface area (Å²) < 4.78 is 7.35. The molecule has 0 unspecified atom stereocenters. The third-order valence-corrected chi connectivity index (χ3v) is 6.35. The minimum atomic E-state index is -0.832. The molecule has 0 radical (unpaired) electrons. The fourth-order valence-electron chi connectivity index (χ4n) is 4.21. The van der Waals surface area contributed by atoms with Gasteiger partial charge < -0.3 is 14.6 Å². The molecule has 0 atom stereocenters. The Kier molecular flexibility index (Phi) is 5.59. The number of pyridine rings is 2. The van der Waals surface area contributed by atoms with E-state index in [1.807, 2.05) is 30.3 Å². The molecule has 5 rings (SSSR count). The zero-order valence-electron chi connectivity index (χ0n) is 20.3. The number of carbonyl (C=O) groups is 1. The molecular formula is C27H27N5O3. The number of aryl methyl sites for hydroxylation is 2. The van der Waals surface area contributed by atoms with E-state index in [0.717, 1.165) is 28.8 Å². The highest BCUT2D eigenvalue weighted by molar-refractivity contribution is 5.93. The SMILES string of the molecule is CCc1cc(CNc2nc(-c3ccc4c(c3)CC(=O)C(C)(C)O4)cc3ncn(C)c(=O)c23)ccn1. The van der Waals surface area contributed by atoms with Crippen molar-refractivity contribution in [3.05, 3.63) is 76.1 Å². The lowest BCUT2D eigenvalue weighted by Crippen LogP contribution is -2.42. The van der Waals surface area contributed by atoms with Crippen LogP contribution in [0.3, 0.4) is 0 Å². The van der Waals surface area contributed by atoms with E-state index in [9.17, 15) is 9.59 Å². The summed E-state index contributed by atoms with van der Waals surface area (Å²) >= 11 is 0. The topological polar surface area (TPSA) is 99.0 Å².